The summed E-state index contributed by atoms with van der Waals surface area (Å²) in [5, 5.41) is 8.67. The van der Waals surface area contributed by atoms with Crippen molar-refractivity contribution in [2.24, 2.45) is 0 Å². The molecule has 0 fully saturated rings. The molecular weight excluding hydrogens is 182 g/mol. The Morgan fingerprint density at radius 2 is 2.14 bits per heavy atom. The molecule has 1 aliphatic rings. The van der Waals surface area contributed by atoms with E-state index >= 15 is 0 Å². The van der Waals surface area contributed by atoms with E-state index in [9.17, 15) is 9.59 Å². The lowest BCUT2D eigenvalue weighted by Gasteiger charge is -2.33. The normalized spacial score (nSPS) is 19.6. The van der Waals surface area contributed by atoms with E-state index in [2.05, 4.69) is 0 Å². The number of carboxylic acids is 1. The molecule has 0 aromatic carbocycles. The summed E-state index contributed by atoms with van der Waals surface area (Å²) in [4.78, 5) is 23.4. The Balaban J connectivity index is 2.95. The number of nitrogens with zero attached hydrogens (tertiary/aromatic N) is 1. The molecule has 0 spiro atoms. The number of rotatable bonds is 2. The molecule has 0 unspecified atom stereocenters. The van der Waals surface area contributed by atoms with E-state index in [4.69, 9.17) is 5.11 Å². The Morgan fingerprint density at radius 1 is 1.50 bits per heavy atom. The van der Waals surface area contributed by atoms with Gasteiger partial charge in [-0.3, -0.25) is 9.59 Å². The maximum absolute atomic E-state index is 11.5. The van der Waals surface area contributed by atoms with Crippen molar-refractivity contribution in [1.82, 2.24) is 4.90 Å². The fraction of sp³-hybridized carbons (Fsp3) is 0.400. The molecule has 0 radical (unpaired) electrons. The van der Waals surface area contributed by atoms with Crippen molar-refractivity contribution in [3.8, 4) is 0 Å². The average Bonchev–Trinajstić information content (AvgIpc) is 2.16. The number of aliphatic carboxylic acids is 1. The minimum Gasteiger partial charge on any atom is -0.480 e. The molecule has 0 aromatic rings. The summed E-state index contributed by atoms with van der Waals surface area (Å²) in [6.07, 6.45) is 6.54. The van der Waals surface area contributed by atoms with Gasteiger partial charge in [-0.2, -0.15) is 0 Å². The summed E-state index contributed by atoms with van der Waals surface area (Å²) in [6.45, 7) is 3.33. The highest BCUT2D eigenvalue weighted by Gasteiger charge is 2.29. The van der Waals surface area contributed by atoms with Gasteiger partial charge >= 0.3 is 5.97 Å². The molecule has 0 aromatic heterocycles. The van der Waals surface area contributed by atoms with Crippen LogP contribution >= 0.6 is 0 Å². The van der Waals surface area contributed by atoms with E-state index in [1.165, 1.54) is 11.0 Å². The number of amides is 1. The molecule has 76 valence electrons. The van der Waals surface area contributed by atoms with Crippen LogP contribution in [0.5, 0.6) is 0 Å². The monoisotopic (exact) mass is 195 g/mol. The van der Waals surface area contributed by atoms with Crippen molar-refractivity contribution in [2.75, 3.05) is 6.54 Å². The van der Waals surface area contributed by atoms with Crippen LogP contribution in [0.2, 0.25) is 0 Å². The fourth-order valence-corrected chi connectivity index (χ4v) is 1.31. The first-order chi connectivity index (χ1) is 6.43. The molecule has 0 saturated heterocycles. The second-order valence-corrected chi connectivity index (χ2v) is 3.69. The van der Waals surface area contributed by atoms with Crippen LogP contribution in [0.25, 0.3) is 0 Å². The van der Waals surface area contributed by atoms with E-state index < -0.39 is 11.5 Å². The predicted molar refractivity (Wildman–Crippen MR) is 51.7 cm³/mol. The number of hydrogen-bond acceptors (Lipinski definition) is 2. The van der Waals surface area contributed by atoms with Gasteiger partial charge in [0.1, 0.15) is 6.54 Å². The first kappa shape index (κ1) is 10.5. The zero-order valence-corrected chi connectivity index (χ0v) is 8.23. The molecule has 0 atom stereocenters. The van der Waals surface area contributed by atoms with Gasteiger partial charge in [0.05, 0.1) is 5.54 Å². The van der Waals surface area contributed by atoms with Crippen LogP contribution in [0.1, 0.15) is 13.8 Å². The summed E-state index contributed by atoms with van der Waals surface area (Å²) in [5.41, 5.74) is -0.557. The number of allylic oxidation sites excluding steroid dienone is 2. The Morgan fingerprint density at radius 3 is 2.71 bits per heavy atom. The first-order valence-electron chi connectivity index (χ1n) is 4.33. The number of carboxylic acid groups (broad SMARTS) is 1. The Bertz CT molecular complexity index is 315. The first-order valence-corrected chi connectivity index (χ1v) is 4.33. The molecule has 1 rings (SSSR count). The van der Waals surface area contributed by atoms with Gasteiger partial charge in [0.2, 0.25) is 5.91 Å². The summed E-state index contributed by atoms with van der Waals surface area (Å²) >= 11 is 0. The van der Waals surface area contributed by atoms with Crippen molar-refractivity contribution >= 4 is 11.9 Å². The molecule has 0 aliphatic carbocycles. The average molecular weight is 195 g/mol. The van der Waals surface area contributed by atoms with Crippen LogP contribution in [-0.2, 0) is 9.59 Å². The van der Waals surface area contributed by atoms with E-state index in [-0.39, 0.29) is 12.5 Å². The third-order valence-electron chi connectivity index (χ3n) is 2.11. The van der Waals surface area contributed by atoms with Crippen LogP contribution in [0.15, 0.2) is 24.3 Å². The van der Waals surface area contributed by atoms with Crippen LogP contribution in [0.3, 0.4) is 0 Å². The second-order valence-electron chi connectivity index (χ2n) is 3.69. The van der Waals surface area contributed by atoms with Gasteiger partial charge in [0.15, 0.2) is 0 Å². The highest BCUT2D eigenvalue weighted by Crippen LogP contribution is 2.18. The lowest BCUT2D eigenvalue weighted by molar-refractivity contribution is -0.145. The molecule has 4 nitrogen and oxygen atoms in total. The standard InChI is InChI=1S/C10H13NO3/c1-10(2)6-4-3-5-8(12)11(10)7-9(13)14/h3-6H,7H2,1-2H3,(H,13,14). The summed E-state index contributed by atoms with van der Waals surface area (Å²) in [6, 6.07) is 0. The van der Waals surface area contributed by atoms with Crippen molar-refractivity contribution in [2.45, 2.75) is 19.4 Å². The third-order valence-corrected chi connectivity index (χ3v) is 2.11. The molecule has 1 N–H and O–H groups in total. The number of carbonyl (C=O) groups is 2. The van der Waals surface area contributed by atoms with Crippen molar-refractivity contribution < 1.29 is 14.7 Å². The highest BCUT2D eigenvalue weighted by atomic mass is 16.4. The number of hydrogen-bond donors (Lipinski definition) is 1. The molecule has 1 heterocycles. The van der Waals surface area contributed by atoms with E-state index in [0.717, 1.165) is 0 Å². The van der Waals surface area contributed by atoms with Gasteiger partial charge < -0.3 is 10.0 Å². The topological polar surface area (TPSA) is 57.6 Å². The lowest BCUT2D eigenvalue weighted by atomic mass is 10.0. The molecular formula is C10H13NO3. The van der Waals surface area contributed by atoms with Gasteiger partial charge in [0, 0.05) is 6.08 Å². The summed E-state index contributed by atoms with van der Waals surface area (Å²) in [5.74, 6) is -1.28. The molecule has 14 heavy (non-hydrogen) atoms. The molecule has 0 saturated carbocycles. The minimum atomic E-state index is -1.00. The van der Waals surface area contributed by atoms with Crippen LogP contribution in [0.4, 0.5) is 0 Å². The SMILES string of the molecule is CC1(C)C=CC=CC(=O)N1CC(=O)O. The van der Waals surface area contributed by atoms with Crippen LogP contribution in [0, 0.1) is 0 Å². The largest absolute Gasteiger partial charge is 0.480 e. The lowest BCUT2D eigenvalue weighted by Crippen LogP contribution is -2.47. The van der Waals surface area contributed by atoms with Crippen LogP contribution in [-0.4, -0.2) is 34.0 Å². The van der Waals surface area contributed by atoms with Crippen LogP contribution < -0.4 is 0 Å². The van der Waals surface area contributed by atoms with E-state index in [1.54, 1.807) is 32.1 Å². The van der Waals surface area contributed by atoms with Crippen molar-refractivity contribution in [3.05, 3.63) is 24.3 Å². The highest BCUT2D eigenvalue weighted by molar-refractivity contribution is 5.91. The second kappa shape index (κ2) is 3.65. The van der Waals surface area contributed by atoms with Gasteiger partial charge in [-0.25, -0.2) is 0 Å². The zero-order valence-electron chi connectivity index (χ0n) is 8.23. The Kier molecular flexibility index (Phi) is 2.74. The smallest absolute Gasteiger partial charge is 0.323 e. The fourth-order valence-electron chi connectivity index (χ4n) is 1.31. The maximum Gasteiger partial charge on any atom is 0.323 e. The number of carbonyl (C=O) groups excluding carboxylic acids is 1. The van der Waals surface area contributed by atoms with Gasteiger partial charge in [-0.1, -0.05) is 18.2 Å². The molecule has 0 bridgehead atoms. The van der Waals surface area contributed by atoms with Gasteiger partial charge in [-0.15, -0.1) is 0 Å². The molecule has 1 aliphatic heterocycles. The molecule has 1 amide bonds. The molecule has 4 heteroatoms. The quantitative estimate of drug-likeness (QED) is 0.709. The third kappa shape index (κ3) is 2.22. The summed E-state index contributed by atoms with van der Waals surface area (Å²) in [7, 11) is 0. The summed E-state index contributed by atoms with van der Waals surface area (Å²) < 4.78 is 0. The minimum absolute atomic E-state index is 0.276. The van der Waals surface area contributed by atoms with Crippen molar-refractivity contribution in [1.29, 1.82) is 0 Å². The van der Waals surface area contributed by atoms with Crippen molar-refractivity contribution in [3.63, 3.8) is 0 Å². The Labute approximate surface area is 82.5 Å². The van der Waals surface area contributed by atoms with E-state index in [0.29, 0.717) is 0 Å². The van der Waals surface area contributed by atoms with Gasteiger partial charge in [-0.05, 0) is 13.8 Å². The van der Waals surface area contributed by atoms with E-state index in [1.807, 2.05) is 0 Å². The predicted octanol–water partition coefficient (Wildman–Crippen LogP) is 0.804. The zero-order chi connectivity index (χ0) is 10.8. The Hall–Kier alpha value is -1.58. The maximum atomic E-state index is 11.5. The van der Waals surface area contributed by atoms with Gasteiger partial charge in [0.25, 0.3) is 0 Å².